The molecular formula is C15H27NO3. The van der Waals surface area contributed by atoms with Crippen molar-refractivity contribution in [2.75, 3.05) is 13.1 Å². The summed E-state index contributed by atoms with van der Waals surface area (Å²) >= 11 is 0. The summed E-state index contributed by atoms with van der Waals surface area (Å²) in [5.41, 5.74) is -0.739. The van der Waals surface area contributed by atoms with E-state index in [0.29, 0.717) is 12.8 Å². The molecule has 0 atom stereocenters. The predicted molar refractivity (Wildman–Crippen MR) is 74.9 cm³/mol. The van der Waals surface area contributed by atoms with Gasteiger partial charge in [0.2, 0.25) is 5.91 Å². The molecule has 4 heteroatoms. The highest BCUT2D eigenvalue weighted by Gasteiger charge is 2.39. The van der Waals surface area contributed by atoms with Gasteiger partial charge in [-0.2, -0.15) is 0 Å². The number of amides is 1. The molecule has 1 N–H and O–H groups in total. The van der Waals surface area contributed by atoms with E-state index in [1.54, 1.807) is 0 Å². The summed E-state index contributed by atoms with van der Waals surface area (Å²) < 4.78 is 0. The lowest BCUT2D eigenvalue weighted by atomic mass is 9.78. The van der Waals surface area contributed by atoms with E-state index in [2.05, 4.69) is 13.8 Å². The molecule has 0 saturated carbocycles. The molecule has 0 aromatic rings. The molecule has 0 spiro atoms. The van der Waals surface area contributed by atoms with Crippen LogP contribution in [0.25, 0.3) is 0 Å². The van der Waals surface area contributed by atoms with Crippen LogP contribution in [0.2, 0.25) is 0 Å². The number of carboxylic acid groups (broad SMARTS) is 1. The third-order valence-electron chi connectivity index (χ3n) is 4.55. The fourth-order valence-corrected chi connectivity index (χ4v) is 2.92. The van der Waals surface area contributed by atoms with Gasteiger partial charge in [0, 0.05) is 19.5 Å². The number of carboxylic acids is 1. The van der Waals surface area contributed by atoms with Crippen LogP contribution in [0.3, 0.4) is 0 Å². The van der Waals surface area contributed by atoms with Crippen LogP contribution >= 0.6 is 0 Å². The zero-order valence-corrected chi connectivity index (χ0v) is 12.7. The van der Waals surface area contributed by atoms with E-state index in [9.17, 15) is 14.7 Å². The molecule has 110 valence electrons. The SMILES string of the molecule is CCC(CC)(CC(=O)N1CCCC(C)(C)C1)C(=O)O. The van der Waals surface area contributed by atoms with Crippen LogP contribution in [0.1, 0.15) is 59.8 Å². The number of carbonyl (C=O) groups is 2. The number of rotatable bonds is 5. The topological polar surface area (TPSA) is 57.6 Å². The molecule has 1 aliphatic heterocycles. The minimum absolute atomic E-state index is 0.00104. The third kappa shape index (κ3) is 3.71. The molecular weight excluding hydrogens is 242 g/mol. The molecule has 4 nitrogen and oxygen atoms in total. The second-order valence-electron chi connectivity index (χ2n) is 6.55. The maximum atomic E-state index is 12.4. The first-order valence-corrected chi connectivity index (χ1v) is 7.27. The van der Waals surface area contributed by atoms with Gasteiger partial charge >= 0.3 is 5.97 Å². The number of carbonyl (C=O) groups excluding carboxylic acids is 1. The Morgan fingerprint density at radius 2 is 1.84 bits per heavy atom. The average Bonchev–Trinajstić information content (AvgIpc) is 2.34. The highest BCUT2D eigenvalue weighted by Crippen LogP contribution is 2.34. The molecule has 0 radical (unpaired) electrons. The largest absolute Gasteiger partial charge is 0.481 e. The minimum Gasteiger partial charge on any atom is -0.481 e. The molecule has 1 saturated heterocycles. The van der Waals surface area contributed by atoms with Crippen molar-refractivity contribution in [3.05, 3.63) is 0 Å². The first kappa shape index (κ1) is 16.0. The summed E-state index contributed by atoms with van der Waals surface area (Å²) in [5, 5.41) is 9.40. The highest BCUT2D eigenvalue weighted by molar-refractivity contribution is 5.85. The van der Waals surface area contributed by atoms with Crippen molar-refractivity contribution >= 4 is 11.9 Å². The number of hydrogen-bond acceptors (Lipinski definition) is 2. The van der Waals surface area contributed by atoms with Gasteiger partial charge in [-0.15, -0.1) is 0 Å². The van der Waals surface area contributed by atoms with Gasteiger partial charge in [-0.25, -0.2) is 0 Å². The smallest absolute Gasteiger partial charge is 0.310 e. The van der Waals surface area contributed by atoms with Gasteiger partial charge in [0.25, 0.3) is 0 Å². The number of nitrogens with zero attached hydrogens (tertiary/aromatic N) is 1. The Labute approximate surface area is 116 Å². The number of piperidine rings is 1. The molecule has 1 rings (SSSR count). The van der Waals surface area contributed by atoms with Gasteiger partial charge in [-0.3, -0.25) is 9.59 Å². The van der Waals surface area contributed by atoms with Crippen LogP contribution in [-0.2, 0) is 9.59 Å². The van der Waals surface area contributed by atoms with Crippen molar-refractivity contribution < 1.29 is 14.7 Å². The molecule has 19 heavy (non-hydrogen) atoms. The third-order valence-corrected chi connectivity index (χ3v) is 4.55. The molecule has 0 bridgehead atoms. The molecule has 0 aliphatic carbocycles. The van der Waals surface area contributed by atoms with E-state index >= 15 is 0 Å². The fourth-order valence-electron chi connectivity index (χ4n) is 2.92. The minimum atomic E-state index is -0.890. The average molecular weight is 269 g/mol. The molecule has 1 heterocycles. The van der Waals surface area contributed by atoms with Gasteiger partial charge in [0.15, 0.2) is 0 Å². The van der Waals surface area contributed by atoms with Gasteiger partial charge in [0.05, 0.1) is 5.41 Å². The Morgan fingerprint density at radius 1 is 1.26 bits per heavy atom. The van der Waals surface area contributed by atoms with E-state index in [0.717, 1.165) is 25.9 Å². The van der Waals surface area contributed by atoms with Gasteiger partial charge in [-0.05, 0) is 31.1 Å². The molecule has 1 fully saturated rings. The van der Waals surface area contributed by atoms with Gasteiger partial charge < -0.3 is 10.0 Å². The Bertz CT molecular complexity index is 345. The summed E-state index contributed by atoms with van der Waals surface area (Å²) in [6.07, 6.45) is 3.27. The van der Waals surface area contributed by atoms with Gasteiger partial charge in [-0.1, -0.05) is 27.7 Å². The summed E-state index contributed by atoms with van der Waals surface area (Å²) in [6, 6.07) is 0. The number of aliphatic carboxylic acids is 1. The van der Waals surface area contributed by atoms with Crippen LogP contribution < -0.4 is 0 Å². The molecule has 0 aromatic carbocycles. The van der Waals surface area contributed by atoms with Crippen molar-refractivity contribution in [2.24, 2.45) is 10.8 Å². The molecule has 1 amide bonds. The van der Waals surface area contributed by atoms with Crippen LogP contribution in [0.5, 0.6) is 0 Å². The Kier molecular flexibility index (Phi) is 4.99. The second-order valence-corrected chi connectivity index (χ2v) is 6.55. The van der Waals surface area contributed by atoms with Crippen LogP contribution in [0.15, 0.2) is 0 Å². The lowest BCUT2D eigenvalue weighted by Gasteiger charge is -2.39. The summed E-state index contributed by atoms with van der Waals surface area (Å²) in [5.74, 6) is -0.846. The number of likely N-dealkylation sites (tertiary alicyclic amines) is 1. The Hall–Kier alpha value is -1.06. The van der Waals surface area contributed by atoms with Crippen molar-refractivity contribution in [3.63, 3.8) is 0 Å². The standard InChI is InChI=1S/C15H27NO3/c1-5-15(6-2,13(18)19)10-12(17)16-9-7-8-14(3,4)11-16/h5-11H2,1-4H3,(H,18,19). The van der Waals surface area contributed by atoms with E-state index in [4.69, 9.17) is 0 Å². The zero-order chi connectivity index (χ0) is 14.7. The van der Waals surface area contributed by atoms with Crippen LogP contribution in [0, 0.1) is 10.8 Å². The van der Waals surface area contributed by atoms with Crippen molar-refractivity contribution in [1.82, 2.24) is 4.90 Å². The lowest BCUT2D eigenvalue weighted by molar-refractivity contribution is -0.155. The van der Waals surface area contributed by atoms with Crippen molar-refractivity contribution in [2.45, 2.75) is 59.8 Å². The highest BCUT2D eigenvalue weighted by atomic mass is 16.4. The monoisotopic (exact) mass is 269 g/mol. The van der Waals surface area contributed by atoms with Crippen LogP contribution in [0.4, 0.5) is 0 Å². The predicted octanol–water partition coefficient (Wildman–Crippen LogP) is 2.92. The summed E-state index contributed by atoms with van der Waals surface area (Å²) in [7, 11) is 0. The zero-order valence-electron chi connectivity index (χ0n) is 12.7. The van der Waals surface area contributed by atoms with Gasteiger partial charge in [0.1, 0.15) is 0 Å². The maximum Gasteiger partial charge on any atom is 0.310 e. The van der Waals surface area contributed by atoms with Crippen LogP contribution in [-0.4, -0.2) is 35.0 Å². The second kappa shape index (κ2) is 5.93. The molecule has 0 aromatic heterocycles. The molecule has 0 unspecified atom stereocenters. The normalized spacial score (nSPS) is 19.3. The summed E-state index contributed by atoms with van der Waals surface area (Å²) in [6.45, 7) is 9.55. The maximum absolute atomic E-state index is 12.4. The number of hydrogen-bond donors (Lipinski definition) is 1. The van der Waals surface area contributed by atoms with Crippen molar-refractivity contribution in [3.8, 4) is 0 Å². The summed E-state index contributed by atoms with van der Waals surface area (Å²) in [4.78, 5) is 25.7. The first-order valence-electron chi connectivity index (χ1n) is 7.27. The van der Waals surface area contributed by atoms with E-state index in [1.165, 1.54) is 0 Å². The Balaban J connectivity index is 2.75. The van der Waals surface area contributed by atoms with E-state index in [-0.39, 0.29) is 17.7 Å². The lowest BCUT2D eigenvalue weighted by Crippen LogP contribution is -2.46. The van der Waals surface area contributed by atoms with E-state index < -0.39 is 11.4 Å². The van der Waals surface area contributed by atoms with Crippen molar-refractivity contribution in [1.29, 1.82) is 0 Å². The Morgan fingerprint density at radius 3 is 2.26 bits per heavy atom. The fraction of sp³-hybridized carbons (Fsp3) is 0.867. The first-order chi connectivity index (χ1) is 8.76. The quantitative estimate of drug-likeness (QED) is 0.835. The molecule has 1 aliphatic rings. The van der Waals surface area contributed by atoms with E-state index in [1.807, 2.05) is 18.7 Å².